The van der Waals surface area contributed by atoms with Crippen LogP contribution in [0.3, 0.4) is 0 Å². The summed E-state index contributed by atoms with van der Waals surface area (Å²) in [6.45, 7) is 4.86. The van der Waals surface area contributed by atoms with Crippen molar-refractivity contribution in [3.63, 3.8) is 0 Å². The van der Waals surface area contributed by atoms with Crippen LogP contribution in [0.1, 0.15) is 168 Å². The van der Waals surface area contributed by atoms with Crippen LogP contribution in [0.25, 0.3) is 0 Å². The zero-order valence-corrected chi connectivity index (χ0v) is 30.7. The van der Waals surface area contributed by atoms with Gasteiger partial charge in [0, 0.05) is 19.6 Å². The van der Waals surface area contributed by atoms with E-state index in [1.54, 1.807) is 0 Å². The van der Waals surface area contributed by atoms with Crippen LogP contribution in [0, 0.1) is 0 Å². The van der Waals surface area contributed by atoms with E-state index in [-0.39, 0.29) is 32.3 Å². The molecule has 8 nitrogen and oxygen atoms in total. The van der Waals surface area contributed by atoms with Crippen molar-refractivity contribution in [1.29, 1.82) is 0 Å². The quantitative estimate of drug-likeness (QED) is 0.0292. The minimum absolute atomic E-state index is 0.0952. The Kier molecular flexibility index (Phi) is 34.5. The fourth-order valence-electron chi connectivity index (χ4n) is 5.08. The van der Waals surface area contributed by atoms with Gasteiger partial charge in [0.05, 0.1) is 19.8 Å². The van der Waals surface area contributed by atoms with Crippen molar-refractivity contribution in [1.82, 2.24) is 0 Å². The normalized spacial score (nSPS) is 13.9. The summed E-state index contributed by atoms with van der Waals surface area (Å²) in [7, 11) is -4.26. The smallest absolute Gasteiger partial charge is 0.457 e. The molecule has 0 aliphatic rings. The molecule has 0 rings (SSSR count). The lowest BCUT2D eigenvalue weighted by Crippen LogP contribution is -2.28. The highest BCUT2D eigenvalue weighted by Gasteiger charge is 2.25. The van der Waals surface area contributed by atoms with Crippen molar-refractivity contribution in [3.8, 4) is 0 Å². The first-order valence-corrected chi connectivity index (χ1v) is 20.3. The van der Waals surface area contributed by atoms with Crippen LogP contribution >= 0.6 is 7.82 Å². The Morgan fingerprint density at radius 1 is 0.652 bits per heavy atom. The van der Waals surface area contributed by atoms with Crippen molar-refractivity contribution in [2.24, 2.45) is 5.73 Å². The molecule has 0 aromatic carbocycles. The van der Waals surface area contributed by atoms with E-state index < -0.39 is 13.9 Å². The molecule has 0 fully saturated rings. The molecule has 9 heteroatoms. The first kappa shape index (κ1) is 45.0. The van der Waals surface area contributed by atoms with Gasteiger partial charge >= 0.3 is 13.8 Å². The standard InChI is InChI=1S/C37H72NO7P/c1-3-5-7-9-11-13-14-15-16-17-18-19-20-21-23-25-27-29-32-42-34-36(35-44-46(40,41)43-33-31-38)45-37(39)30-28-26-24-22-12-10-8-6-4-2/h11,13,15-16,36H,3-10,12,14,17-35,38H2,1-2H3,(H,40,41)/b13-11-,16-15-. The average molecular weight is 674 g/mol. The van der Waals surface area contributed by atoms with E-state index in [1.165, 1.54) is 109 Å². The molecule has 2 unspecified atom stereocenters. The molecule has 0 saturated carbocycles. The van der Waals surface area contributed by atoms with Gasteiger partial charge < -0.3 is 20.1 Å². The Bertz CT molecular complexity index is 762. The number of phosphoric ester groups is 1. The zero-order valence-electron chi connectivity index (χ0n) is 29.8. The molecule has 272 valence electrons. The highest BCUT2D eigenvalue weighted by molar-refractivity contribution is 7.47. The lowest BCUT2D eigenvalue weighted by Gasteiger charge is -2.20. The summed E-state index contributed by atoms with van der Waals surface area (Å²) < 4.78 is 33.2. The molecule has 0 bridgehead atoms. The van der Waals surface area contributed by atoms with Crippen molar-refractivity contribution < 1.29 is 32.8 Å². The number of ether oxygens (including phenoxy) is 2. The second-order valence-corrected chi connectivity index (χ2v) is 13.9. The van der Waals surface area contributed by atoms with Crippen molar-refractivity contribution >= 4 is 13.8 Å². The number of allylic oxidation sites excluding steroid dienone is 4. The monoisotopic (exact) mass is 674 g/mol. The Labute approximate surface area is 283 Å². The third-order valence-corrected chi connectivity index (χ3v) is 8.86. The van der Waals surface area contributed by atoms with E-state index in [9.17, 15) is 14.3 Å². The Morgan fingerprint density at radius 3 is 1.74 bits per heavy atom. The summed E-state index contributed by atoms with van der Waals surface area (Å²) in [5.41, 5.74) is 5.34. The Hall–Kier alpha value is -1.02. The van der Waals surface area contributed by atoms with Gasteiger partial charge in [0.15, 0.2) is 0 Å². The number of nitrogens with two attached hydrogens (primary N) is 1. The predicted molar refractivity (Wildman–Crippen MR) is 192 cm³/mol. The summed E-state index contributed by atoms with van der Waals surface area (Å²) in [4.78, 5) is 22.3. The topological polar surface area (TPSA) is 117 Å². The maximum Gasteiger partial charge on any atom is 0.472 e. The lowest BCUT2D eigenvalue weighted by atomic mass is 10.1. The molecule has 0 aliphatic heterocycles. The minimum atomic E-state index is -4.26. The van der Waals surface area contributed by atoms with Crippen LogP contribution in [0.15, 0.2) is 24.3 Å². The number of esters is 1. The molecule has 0 radical (unpaired) electrons. The third kappa shape index (κ3) is 34.3. The second-order valence-electron chi connectivity index (χ2n) is 12.4. The van der Waals surface area contributed by atoms with Crippen LogP contribution in [0.4, 0.5) is 0 Å². The van der Waals surface area contributed by atoms with Gasteiger partial charge in [-0.25, -0.2) is 4.57 Å². The van der Waals surface area contributed by atoms with Crippen LogP contribution in [-0.4, -0.2) is 49.9 Å². The summed E-state index contributed by atoms with van der Waals surface area (Å²) in [5.74, 6) is -0.336. The van der Waals surface area contributed by atoms with Crippen molar-refractivity contribution in [3.05, 3.63) is 24.3 Å². The third-order valence-electron chi connectivity index (χ3n) is 7.87. The fourth-order valence-corrected chi connectivity index (χ4v) is 5.85. The maximum absolute atomic E-state index is 12.4. The molecular weight excluding hydrogens is 601 g/mol. The number of hydrogen-bond acceptors (Lipinski definition) is 7. The summed E-state index contributed by atoms with van der Waals surface area (Å²) >= 11 is 0. The summed E-state index contributed by atoms with van der Waals surface area (Å²) in [6.07, 6.45) is 36.2. The van der Waals surface area contributed by atoms with E-state index >= 15 is 0 Å². The molecule has 3 N–H and O–H groups in total. The zero-order chi connectivity index (χ0) is 33.8. The summed E-state index contributed by atoms with van der Waals surface area (Å²) in [6, 6.07) is 0. The number of carbonyl (C=O) groups is 1. The van der Waals surface area contributed by atoms with Gasteiger partial charge in [-0.15, -0.1) is 0 Å². The van der Waals surface area contributed by atoms with E-state index in [4.69, 9.17) is 24.3 Å². The maximum atomic E-state index is 12.4. The Morgan fingerprint density at radius 2 is 1.15 bits per heavy atom. The van der Waals surface area contributed by atoms with Gasteiger partial charge in [-0.2, -0.15) is 0 Å². The first-order chi connectivity index (χ1) is 22.4. The average Bonchev–Trinajstić information content (AvgIpc) is 3.04. The van der Waals surface area contributed by atoms with Crippen molar-refractivity contribution in [2.75, 3.05) is 33.0 Å². The van der Waals surface area contributed by atoms with E-state index in [1.807, 2.05) is 0 Å². The van der Waals surface area contributed by atoms with Gasteiger partial charge in [0.25, 0.3) is 0 Å². The molecule has 0 aliphatic carbocycles. The molecule has 0 spiro atoms. The molecule has 0 aromatic heterocycles. The molecule has 46 heavy (non-hydrogen) atoms. The van der Waals surface area contributed by atoms with E-state index in [2.05, 4.69) is 38.2 Å². The van der Waals surface area contributed by atoms with Crippen LogP contribution in [-0.2, 0) is 27.9 Å². The van der Waals surface area contributed by atoms with Crippen molar-refractivity contribution in [2.45, 2.75) is 174 Å². The number of carbonyl (C=O) groups excluding carboxylic acids is 1. The Balaban J connectivity index is 4.03. The number of rotatable bonds is 36. The largest absolute Gasteiger partial charge is 0.472 e. The van der Waals surface area contributed by atoms with E-state index in [0.717, 1.165) is 38.5 Å². The van der Waals surface area contributed by atoms with Crippen LogP contribution in [0.5, 0.6) is 0 Å². The van der Waals surface area contributed by atoms with Crippen LogP contribution < -0.4 is 5.73 Å². The van der Waals surface area contributed by atoms with Crippen LogP contribution in [0.2, 0.25) is 0 Å². The SMILES string of the molecule is CCCCC/C=C\C/C=C\CCCCCCCCCCOCC(COP(=O)(O)OCCN)OC(=O)CCCCCCCCCCC. The molecule has 0 amide bonds. The highest BCUT2D eigenvalue weighted by Crippen LogP contribution is 2.43. The lowest BCUT2D eigenvalue weighted by molar-refractivity contribution is -0.154. The summed E-state index contributed by atoms with van der Waals surface area (Å²) in [5, 5.41) is 0. The molecule has 0 saturated heterocycles. The minimum Gasteiger partial charge on any atom is -0.457 e. The number of unbranched alkanes of at least 4 members (excludes halogenated alkanes) is 19. The molecular formula is C37H72NO7P. The highest BCUT2D eigenvalue weighted by atomic mass is 31.2. The number of phosphoric acid groups is 1. The first-order valence-electron chi connectivity index (χ1n) is 18.8. The van der Waals surface area contributed by atoms with Gasteiger partial charge in [0.2, 0.25) is 0 Å². The van der Waals surface area contributed by atoms with Gasteiger partial charge in [0.1, 0.15) is 6.10 Å². The van der Waals surface area contributed by atoms with Gasteiger partial charge in [-0.05, 0) is 44.9 Å². The molecule has 0 aromatic rings. The van der Waals surface area contributed by atoms with Gasteiger partial charge in [-0.3, -0.25) is 13.8 Å². The fraction of sp³-hybridized carbons (Fsp3) is 0.865. The predicted octanol–water partition coefficient (Wildman–Crippen LogP) is 10.5. The van der Waals surface area contributed by atoms with E-state index in [0.29, 0.717) is 13.0 Å². The van der Waals surface area contributed by atoms with Gasteiger partial charge in [-0.1, -0.05) is 141 Å². The second kappa shape index (κ2) is 35.3. The molecule has 0 heterocycles. The number of hydrogen-bond donors (Lipinski definition) is 2. The molecule has 2 atom stereocenters.